The fourth-order valence-electron chi connectivity index (χ4n) is 3.93. The molecule has 0 spiro atoms. The summed E-state index contributed by atoms with van der Waals surface area (Å²) in [6.07, 6.45) is 5.62. The monoisotopic (exact) mass is 369 g/mol. The fraction of sp³-hybridized carbons (Fsp3) is 0.381. The predicted molar refractivity (Wildman–Crippen MR) is 106 cm³/mol. The molecular formula is C21H24ClN3O. The number of aryl methyl sites for hydroxylation is 1. The Kier molecular flexibility index (Phi) is 4.88. The van der Waals surface area contributed by atoms with Crippen LogP contribution < -0.4 is 4.74 Å². The highest BCUT2D eigenvalue weighted by Gasteiger charge is 2.26. The van der Waals surface area contributed by atoms with Gasteiger partial charge in [-0.15, -0.1) is 0 Å². The molecule has 1 aromatic carbocycles. The number of fused-ring (bicyclic) bond motifs is 1. The number of nitrogens with one attached hydrogen (secondary N) is 1. The molecule has 0 aliphatic carbocycles. The fourth-order valence-corrected chi connectivity index (χ4v) is 4.19. The molecule has 1 fully saturated rings. The molecule has 136 valence electrons. The number of hydrogen-bond donors (Lipinski definition) is 1. The Balaban J connectivity index is 1.54. The van der Waals surface area contributed by atoms with E-state index in [1.807, 2.05) is 19.1 Å². The van der Waals surface area contributed by atoms with Crippen molar-refractivity contribution in [3.05, 3.63) is 58.5 Å². The Labute approximate surface area is 159 Å². The van der Waals surface area contributed by atoms with E-state index >= 15 is 0 Å². The van der Waals surface area contributed by atoms with Gasteiger partial charge in [0.2, 0.25) is 0 Å². The smallest absolute Gasteiger partial charge is 0.133 e. The minimum Gasteiger partial charge on any atom is -0.497 e. The molecule has 1 N–H and O–H groups in total. The van der Waals surface area contributed by atoms with Gasteiger partial charge in [-0.25, -0.2) is 4.98 Å². The molecule has 1 atom stereocenters. The lowest BCUT2D eigenvalue weighted by molar-refractivity contribution is 0.244. The molecule has 0 radical (unpaired) electrons. The summed E-state index contributed by atoms with van der Waals surface area (Å²) in [5, 5.41) is 1.89. The van der Waals surface area contributed by atoms with E-state index in [0.717, 1.165) is 42.0 Å². The third-order valence-electron chi connectivity index (χ3n) is 5.37. The largest absolute Gasteiger partial charge is 0.497 e. The van der Waals surface area contributed by atoms with Gasteiger partial charge in [-0.3, -0.25) is 4.90 Å². The molecule has 4 rings (SSSR count). The minimum atomic E-state index is 0.526. The van der Waals surface area contributed by atoms with Crippen LogP contribution in [-0.2, 0) is 13.0 Å². The molecule has 1 aliphatic heterocycles. The Morgan fingerprint density at radius 1 is 1.27 bits per heavy atom. The maximum Gasteiger partial charge on any atom is 0.133 e. The second-order valence-corrected chi connectivity index (χ2v) is 7.46. The number of benzene rings is 1. The second-order valence-electron chi connectivity index (χ2n) is 7.10. The topological polar surface area (TPSA) is 41.1 Å². The first kappa shape index (κ1) is 17.4. The van der Waals surface area contributed by atoms with Gasteiger partial charge in [0, 0.05) is 40.9 Å². The zero-order valence-corrected chi connectivity index (χ0v) is 16.0. The SMILES string of the molecule is COc1ccc2[nH]cc(CC3CCCN3Cc3ccc(C)nc3Cl)c2c1. The summed E-state index contributed by atoms with van der Waals surface area (Å²) < 4.78 is 5.39. The average Bonchev–Trinajstić information content (AvgIpc) is 3.24. The molecule has 1 aliphatic rings. The van der Waals surface area contributed by atoms with Gasteiger partial charge in [0.05, 0.1) is 7.11 Å². The van der Waals surface area contributed by atoms with Crippen LogP contribution in [0.3, 0.4) is 0 Å². The molecule has 3 heterocycles. The molecule has 1 saturated heterocycles. The number of aromatic amines is 1. The van der Waals surface area contributed by atoms with Crippen molar-refractivity contribution in [1.29, 1.82) is 0 Å². The van der Waals surface area contributed by atoms with Gasteiger partial charge in [0.15, 0.2) is 0 Å². The van der Waals surface area contributed by atoms with Gasteiger partial charge in [0.25, 0.3) is 0 Å². The van der Waals surface area contributed by atoms with Crippen molar-refractivity contribution < 1.29 is 4.74 Å². The van der Waals surface area contributed by atoms with E-state index in [2.05, 4.69) is 39.3 Å². The van der Waals surface area contributed by atoms with Crippen LogP contribution in [0.2, 0.25) is 5.15 Å². The number of nitrogens with zero attached hydrogens (tertiary/aromatic N) is 2. The lowest BCUT2D eigenvalue weighted by Crippen LogP contribution is -2.30. The number of halogens is 1. The van der Waals surface area contributed by atoms with Gasteiger partial charge in [-0.05, 0) is 62.6 Å². The Morgan fingerprint density at radius 2 is 2.15 bits per heavy atom. The number of rotatable bonds is 5. The third-order valence-corrected chi connectivity index (χ3v) is 5.70. The first-order valence-electron chi connectivity index (χ1n) is 9.14. The lowest BCUT2D eigenvalue weighted by atomic mass is 10.0. The van der Waals surface area contributed by atoms with E-state index in [9.17, 15) is 0 Å². The Morgan fingerprint density at radius 3 is 2.96 bits per heavy atom. The van der Waals surface area contributed by atoms with E-state index < -0.39 is 0 Å². The van der Waals surface area contributed by atoms with Gasteiger partial charge in [0.1, 0.15) is 10.9 Å². The van der Waals surface area contributed by atoms with Crippen molar-refractivity contribution in [1.82, 2.24) is 14.9 Å². The van der Waals surface area contributed by atoms with E-state index in [0.29, 0.717) is 11.2 Å². The number of hydrogen-bond acceptors (Lipinski definition) is 3. The highest BCUT2D eigenvalue weighted by Crippen LogP contribution is 2.29. The van der Waals surface area contributed by atoms with Gasteiger partial charge >= 0.3 is 0 Å². The molecule has 4 nitrogen and oxygen atoms in total. The maximum absolute atomic E-state index is 6.35. The predicted octanol–water partition coefficient (Wildman–Crippen LogP) is 4.74. The van der Waals surface area contributed by atoms with E-state index in [1.54, 1.807) is 7.11 Å². The van der Waals surface area contributed by atoms with Crippen LogP contribution in [0.5, 0.6) is 5.75 Å². The first-order chi connectivity index (χ1) is 12.6. The molecule has 0 saturated carbocycles. The van der Waals surface area contributed by atoms with Gasteiger partial charge in [-0.1, -0.05) is 17.7 Å². The summed E-state index contributed by atoms with van der Waals surface area (Å²) in [6.45, 7) is 3.95. The number of methoxy groups -OCH3 is 1. The molecule has 5 heteroatoms. The number of likely N-dealkylation sites (tertiary alicyclic amines) is 1. The van der Waals surface area contributed by atoms with Crippen molar-refractivity contribution >= 4 is 22.5 Å². The van der Waals surface area contributed by atoms with E-state index in [4.69, 9.17) is 16.3 Å². The van der Waals surface area contributed by atoms with Crippen LogP contribution in [0.25, 0.3) is 10.9 Å². The first-order valence-corrected chi connectivity index (χ1v) is 9.52. The molecule has 3 aromatic rings. The average molecular weight is 370 g/mol. The molecule has 1 unspecified atom stereocenters. The minimum absolute atomic E-state index is 0.526. The molecule has 0 amide bonds. The number of pyridine rings is 1. The van der Waals surface area contributed by atoms with Gasteiger partial charge < -0.3 is 9.72 Å². The zero-order chi connectivity index (χ0) is 18.1. The van der Waals surface area contributed by atoms with Crippen LogP contribution in [0.15, 0.2) is 36.5 Å². The van der Waals surface area contributed by atoms with Crippen LogP contribution in [0.1, 0.15) is 29.7 Å². The van der Waals surface area contributed by atoms with Crippen LogP contribution in [-0.4, -0.2) is 34.6 Å². The number of H-pyrrole nitrogens is 1. The van der Waals surface area contributed by atoms with Crippen LogP contribution in [0.4, 0.5) is 0 Å². The summed E-state index contributed by atoms with van der Waals surface area (Å²) in [4.78, 5) is 10.3. The summed E-state index contributed by atoms with van der Waals surface area (Å²) in [5.41, 5.74) is 4.59. The molecule has 26 heavy (non-hydrogen) atoms. The van der Waals surface area contributed by atoms with Crippen molar-refractivity contribution in [2.45, 2.75) is 38.8 Å². The summed E-state index contributed by atoms with van der Waals surface area (Å²) in [7, 11) is 1.71. The molecule has 0 bridgehead atoms. The van der Waals surface area contributed by atoms with Crippen molar-refractivity contribution in [2.75, 3.05) is 13.7 Å². The quantitative estimate of drug-likeness (QED) is 0.660. The van der Waals surface area contributed by atoms with E-state index in [1.165, 1.54) is 23.8 Å². The summed E-state index contributed by atoms with van der Waals surface area (Å²) >= 11 is 6.35. The van der Waals surface area contributed by atoms with E-state index in [-0.39, 0.29) is 0 Å². The lowest BCUT2D eigenvalue weighted by Gasteiger charge is -2.24. The summed E-state index contributed by atoms with van der Waals surface area (Å²) in [6, 6.07) is 10.9. The van der Waals surface area contributed by atoms with Crippen molar-refractivity contribution in [3.8, 4) is 5.75 Å². The number of ether oxygens (including phenoxy) is 1. The maximum atomic E-state index is 6.35. The third kappa shape index (κ3) is 3.44. The molecule has 2 aromatic heterocycles. The standard InChI is InChI=1S/C21H24ClN3O/c1-14-5-6-15(21(22)24-14)13-25-9-3-4-17(25)10-16-12-23-20-8-7-18(26-2)11-19(16)20/h5-8,11-12,17,23H,3-4,9-10,13H2,1-2H3. The van der Waals surface area contributed by atoms with Crippen LogP contribution in [0, 0.1) is 6.92 Å². The highest BCUT2D eigenvalue weighted by atomic mass is 35.5. The van der Waals surface area contributed by atoms with Crippen molar-refractivity contribution in [3.63, 3.8) is 0 Å². The highest BCUT2D eigenvalue weighted by molar-refractivity contribution is 6.30. The Hall–Kier alpha value is -2.04. The molecular weight excluding hydrogens is 346 g/mol. The van der Waals surface area contributed by atoms with Gasteiger partial charge in [-0.2, -0.15) is 0 Å². The normalized spacial score (nSPS) is 17.9. The van der Waals surface area contributed by atoms with Crippen LogP contribution >= 0.6 is 11.6 Å². The summed E-state index contributed by atoms with van der Waals surface area (Å²) in [5.74, 6) is 0.902. The Bertz CT molecular complexity index is 921. The number of aromatic nitrogens is 2. The van der Waals surface area contributed by atoms with Crippen molar-refractivity contribution in [2.24, 2.45) is 0 Å². The zero-order valence-electron chi connectivity index (χ0n) is 15.3. The second kappa shape index (κ2) is 7.29.